The summed E-state index contributed by atoms with van der Waals surface area (Å²) in [4.78, 5) is 14.3. The summed E-state index contributed by atoms with van der Waals surface area (Å²) < 4.78 is 1.68. The molecule has 0 spiro atoms. The normalized spacial score (nSPS) is 10.2. The molecule has 3 nitrogen and oxygen atoms in total. The molecule has 0 bridgehead atoms. The molecule has 2 rings (SSSR count). The van der Waals surface area contributed by atoms with Crippen molar-refractivity contribution in [2.45, 2.75) is 0 Å². The second kappa shape index (κ2) is 6.41. The van der Waals surface area contributed by atoms with Gasteiger partial charge in [-0.25, -0.2) is 0 Å². The molecule has 0 aliphatic rings. The summed E-state index contributed by atoms with van der Waals surface area (Å²) >= 11 is 6.78. The lowest BCUT2D eigenvalue weighted by molar-refractivity contribution is 0.102. The highest BCUT2D eigenvalue weighted by Gasteiger charge is 2.12. The quantitative estimate of drug-likeness (QED) is 0.825. The molecule has 0 atom stereocenters. The number of anilines is 2. The fraction of sp³-hybridized carbons (Fsp3) is 0.133. The molecule has 0 radical (unpaired) electrons. The topological polar surface area (TPSA) is 32.3 Å². The third kappa shape index (κ3) is 3.41. The fourth-order valence-corrected chi connectivity index (χ4v) is 3.06. The SMILES string of the molecule is CN(C)c1ccccc1NC(=O)c1ccc(Br)cc1Br. The number of carbonyl (C=O) groups excluding carboxylic acids is 1. The first-order valence-electron chi connectivity index (χ1n) is 6.02. The molecule has 0 unspecified atom stereocenters. The molecule has 2 aromatic carbocycles. The standard InChI is InChI=1S/C15H14Br2N2O/c1-19(2)14-6-4-3-5-13(14)18-15(20)11-8-7-10(16)9-12(11)17/h3-9H,1-2H3,(H,18,20). The largest absolute Gasteiger partial charge is 0.376 e. The van der Waals surface area contributed by atoms with E-state index in [2.05, 4.69) is 37.2 Å². The van der Waals surface area contributed by atoms with Gasteiger partial charge in [0, 0.05) is 23.0 Å². The number of hydrogen-bond acceptors (Lipinski definition) is 2. The maximum absolute atomic E-state index is 12.3. The van der Waals surface area contributed by atoms with E-state index in [1.807, 2.05) is 55.4 Å². The lowest BCUT2D eigenvalue weighted by Crippen LogP contribution is -2.17. The van der Waals surface area contributed by atoms with Gasteiger partial charge in [-0.15, -0.1) is 0 Å². The van der Waals surface area contributed by atoms with E-state index in [4.69, 9.17) is 0 Å². The number of halogens is 2. The molecule has 0 heterocycles. The van der Waals surface area contributed by atoms with Crippen LogP contribution in [0.2, 0.25) is 0 Å². The second-order valence-electron chi connectivity index (χ2n) is 4.49. The Hall–Kier alpha value is -1.33. The lowest BCUT2D eigenvalue weighted by Gasteiger charge is -2.18. The zero-order chi connectivity index (χ0) is 14.7. The van der Waals surface area contributed by atoms with Crippen molar-refractivity contribution in [3.05, 3.63) is 57.0 Å². The first-order chi connectivity index (χ1) is 9.49. The van der Waals surface area contributed by atoms with Gasteiger partial charge in [-0.1, -0.05) is 28.1 Å². The fourth-order valence-electron chi connectivity index (χ4n) is 1.83. The van der Waals surface area contributed by atoms with Crippen LogP contribution in [0.4, 0.5) is 11.4 Å². The van der Waals surface area contributed by atoms with Gasteiger partial charge in [0.1, 0.15) is 0 Å². The first-order valence-corrected chi connectivity index (χ1v) is 7.60. The van der Waals surface area contributed by atoms with Crippen molar-refractivity contribution in [2.75, 3.05) is 24.3 Å². The van der Waals surface area contributed by atoms with Gasteiger partial charge < -0.3 is 10.2 Å². The highest BCUT2D eigenvalue weighted by atomic mass is 79.9. The average molecular weight is 398 g/mol. The molecule has 1 amide bonds. The summed E-state index contributed by atoms with van der Waals surface area (Å²) in [6.07, 6.45) is 0. The summed E-state index contributed by atoms with van der Waals surface area (Å²) in [7, 11) is 3.89. The molecule has 104 valence electrons. The van der Waals surface area contributed by atoms with Gasteiger partial charge in [0.2, 0.25) is 0 Å². The molecule has 2 aromatic rings. The van der Waals surface area contributed by atoms with Crippen LogP contribution in [0, 0.1) is 0 Å². The van der Waals surface area contributed by atoms with Crippen LogP contribution in [0.25, 0.3) is 0 Å². The van der Waals surface area contributed by atoms with E-state index in [1.54, 1.807) is 6.07 Å². The zero-order valence-electron chi connectivity index (χ0n) is 11.2. The van der Waals surface area contributed by atoms with Gasteiger partial charge in [-0.3, -0.25) is 4.79 Å². The number of rotatable bonds is 3. The highest BCUT2D eigenvalue weighted by molar-refractivity contribution is 9.11. The second-order valence-corrected chi connectivity index (χ2v) is 6.26. The molecule has 5 heteroatoms. The van der Waals surface area contributed by atoms with Crippen LogP contribution in [-0.4, -0.2) is 20.0 Å². The van der Waals surface area contributed by atoms with E-state index < -0.39 is 0 Å². The van der Waals surface area contributed by atoms with E-state index in [9.17, 15) is 4.79 Å². The van der Waals surface area contributed by atoms with Gasteiger partial charge in [-0.2, -0.15) is 0 Å². The Morgan fingerprint density at radius 2 is 1.80 bits per heavy atom. The van der Waals surface area contributed by atoms with Crippen molar-refractivity contribution in [2.24, 2.45) is 0 Å². The summed E-state index contributed by atoms with van der Waals surface area (Å²) in [5.41, 5.74) is 2.35. The van der Waals surface area contributed by atoms with E-state index in [0.29, 0.717) is 5.56 Å². The van der Waals surface area contributed by atoms with Crippen LogP contribution >= 0.6 is 31.9 Å². The van der Waals surface area contributed by atoms with Crippen molar-refractivity contribution in [1.82, 2.24) is 0 Å². The number of benzene rings is 2. The molecule has 0 aromatic heterocycles. The first kappa shape index (κ1) is 15.1. The van der Waals surface area contributed by atoms with Crippen molar-refractivity contribution < 1.29 is 4.79 Å². The number of nitrogens with zero attached hydrogens (tertiary/aromatic N) is 1. The number of hydrogen-bond donors (Lipinski definition) is 1. The minimum absolute atomic E-state index is 0.140. The van der Waals surface area contributed by atoms with E-state index in [1.165, 1.54) is 0 Å². The Morgan fingerprint density at radius 1 is 1.10 bits per heavy atom. The van der Waals surface area contributed by atoms with E-state index in [-0.39, 0.29) is 5.91 Å². The summed E-state index contributed by atoms with van der Waals surface area (Å²) in [6, 6.07) is 13.2. The van der Waals surface area contributed by atoms with E-state index in [0.717, 1.165) is 20.3 Å². The van der Waals surface area contributed by atoms with Crippen LogP contribution in [0.15, 0.2) is 51.4 Å². The molecule has 1 N–H and O–H groups in total. The van der Waals surface area contributed by atoms with Gasteiger partial charge in [-0.05, 0) is 46.3 Å². The highest BCUT2D eigenvalue weighted by Crippen LogP contribution is 2.26. The molecule has 0 saturated carbocycles. The average Bonchev–Trinajstić information content (AvgIpc) is 2.38. The Kier molecular flexibility index (Phi) is 4.83. The minimum atomic E-state index is -0.140. The van der Waals surface area contributed by atoms with E-state index >= 15 is 0 Å². The maximum atomic E-state index is 12.3. The maximum Gasteiger partial charge on any atom is 0.256 e. The van der Waals surface area contributed by atoms with Gasteiger partial charge >= 0.3 is 0 Å². The molecule has 0 fully saturated rings. The molecular weight excluding hydrogens is 384 g/mol. The van der Waals surface area contributed by atoms with Crippen molar-refractivity contribution in [3.63, 3.8) is 0 Å². The summed E-state index contributed by atoms with van der Waals surface area (Å²) in [5.74, 6) is -0.140. The number of nitrogens with one attached hydrogen (secondary N) is 1. The minimum Gasteiger partial charge on any atom is -0.376 e. The van der Waals surface area contributed by atoms with Crippen molar-refractivity contribution in [1.29, 1.82) is 0 Å². The Labute approximate surface area is 135 Å². The van der Waals surface area contributed by atoms with Crippen LogP contribution in [0.5, 0.6) is 0 Å². The Balaban J connectivity index is 2.28. The van der Waals surface area contributed by atoms with Crippen LogP contribution in [0.1, 0.15) is 10.4 Å². The smallest absolute Gasteiger partial charge is 0.256 e. The molecular formula is C15H14Br2N2O. The molecule has 0 aliphatic carbocycles. The van der Waals surface area contributed by atoms with Crippen molar-refractivity contribution in [3.8, 4) is 0 Å². The lowest BCUT2D eigenvalue weighted by atomic mass is 10.2. The number of amides is 1. The van der Waals surface area contributed by atoms with Gasteiger partial charge in [0.25, 0.3) is 5.91 Å². The molecule has 0 saturated heterocycles. The predicted molar refractivity (Wildman–Crippen MR) is 90.6 cm³/mol. The third-order valence-corrected chi connectivity index (χ3v) is 3.96. The Bertz CT molecular complexity index is 642. The zero-order valence-corrected chi connectivity index (χ0v) is 14.3. The summed E-state index contributed by atoms with van der Waals surface area (Å²) in [5, 5.41) is 2.94. The molecule has 0 aliphatic heterocycles. The van der Waals surface area contributed by atoms with Gasteiger partial charge in [0.15, 0.2) is 0 Å². The number of carbonyl (C=O) groups is 1. The third-order valence-electron chi connectivity index (χ3n) is 2.81. The van der Waals surface area contributed by atoms with Crippen LogP contribution in [-0.2, 0) is 0 Å². The predicted octanol–water partition coefficient (Wildman–Crippen LogP) is 4.53. The Morgan fingerprint density at radius 3 is 2.45 bits per heavy atom. The van der Waals surface area contributed by atoms with Crippen molar-refractivity contribution >= 4 is 49.1 Å². The van der Waals surface area contributed by atoms with Crippen LogP contribution < -0.4 is 10.2 Å². The summed E-state index contributed by atoms with van der Waals surface area (Å²) in [6.45, 7) is 0. The van der Waals surface area contributed by atoms with Gasteiger partial charge in [0.05, 0.1) is 16.9 Å². The number of para-hydroxylation sites is 2. The van der Waals surface area contributed by atoms with Crippen LogP contribution in [0.3, 0.4) is 0 Å². The molecule has 20 heavy (non-hydrogen) atoms. The monoisotopic (exact) mass is 396 g/mol.